The molecule has 0 amide bonds. The van der Waals surface area contributed by atoms with Crippen molar-refractivity contribution in [3.63, 3.8) is 0 Å². The van der Waals surface area contributed by atoms with Crippen LogP contribution in [0.3, 0.4) is 0 Å². The van der Waals surface area contributed by atoms with Crippen LogP contribution in [0.5, 0.6) is 5.75 Å². The van der Waals surface area contributed by atoms with Gasteiger partial charge in [0.15, 0.2) is 0 Å². The third-order valence-electron chi connectivity index (χ3n) is 2.25. The number of carboxylic acid groups (broad SMARTS) is 1. The van der Waals surface area contributed by atoms with Gasteiger partial charge in [-0.15, -0.1) is 0 Å². The Labute approximate surface area is 113 Å². The zero-order valence-electron chi connectivity index (χ0n) is 10.9. The fourth-order valence-corrected chi connectivity index (χ4v) is 2.32. The van der Waals surface area contributed by atoms with E-state index in [9.17, 15) is 4.79 Å². The average Bonchev–Trinajstić information content (AvgIpc) is 2.34. The second-order valence-electron chi connectivity index (χ2n) is 4.50. The average molecular weight is 268 g/mol. The van der Waals surface area contributed by atoms with E-state index in [1.165, 1.54) is 5.75 Å². The van der Waals surface area contributed by atoms with Crippen molar-refractivity contribution in [2.24, 2.45) is 5.92 Å². The first kappa shape index (κ1) is 14.9. The van der Waals surface area contributed by atoms with Gasteiger partial charge in [0.2, 0.25) is 0 Å². The van der Waals surface area contributed by atoms with Crippen LogP contribution in [0.2, 0.25) is 0 Å². The predicted octanol–water partition coefficient (Wildman–Crippen LogP) is 3.54. The van der Waals surface area contributed by atoms with Gasteiger partial charge in [-0.1, -0.05) is 13.8 Å². The Morgan fingerprint density at radius 1 is 1.33 bits per heavy atom. The van der Waals surface area contributed by atoms with E-state index in [1.807, 2.05) is 11.8 Å². The van der Waals surface area contributed by atoms with Crippen LogP contribution in [0.15, 0.2) is 24.3 Å². The molecule has 0 aromatic heterocycles. The molecule has 0 bridgehead atoms. The van der Waals surface area contributed by atoms with Crippen molar-refractivity contribution in [3.8, 4) is 5.75 Å². The van der Waals surface area contributed by atoms with Crippen LogP contribution in [0.4, 0.5) is 0 Å². The number of aromatic carboxylic acids is 1. The molecule has 0 fully saturated rings. The minimum Gasteiger partial charge on any atom is -0.494 e. The van der Waals surface area contributed by atoms with Crippen LogP contribution < -0.4 is 4.74 Å². The molecule has 0 spiro atoms. The van der Waals surface area contributed by atoms with Gasteiger partial charge in [0.05, 0.1) is 12.2 Å². The van der Waals surface area contributed by atoms with Gasteiger partial charge in [-0.05, 0) is 48.1 Å². The second kappa shape index (κ2) is 8.03. The van der Waals surface area contributed by atoms with E-state index in [0.717, 1.165) is 23.8 Å². The Bertz CT molecular complexity index is 360. The van der Waals surface area contributed by atoms with Gasteiger partial charge >= 0.3 is 5.97 Å². The zero-order valence-corrected chi connectivity index (χ0v) is 11.7. The lowest BCUT2D eigenvalue weighted by molar-refractivity contribution is 0.0697. The molecule has 0 atom stereocenters. The van der Waals surface area contributed by atoms with E-state index in [-0.39, 0.29) is 5.56 Å². The molecule has 0 aliphatic heterocycles. The Kier molecular flexibility index (Phi) is 6.65. The van der Waals surface area contributed by atoms with Gasteiger partial charge in [-0.2, -0.15) is 11.8 Å². The fourth-order valence-electron chi connectivity index (χ4n) is 1.36. The van der Waals surface area contributed by atoms with Crippen molar-refractivity contribution in [3.05, 3.63) is 29.8 Å². The molecule has 4 heteroatoms. The normalized spacial score (nSPS) is 10.6. The highest BCUT2D eigenvalue weighted by molar-refractivity contribution is 7.99. The molecule has 0 saturated carbocycles. The molecule has 1 aromatic carbocycles. The van der Waals surface area contributed by atoms with Crippen LogP contribution >= 0.6 is 11.8 Å². The van der Waals surface area contributed by atoms with Crippen LogP contribution in [0.25, 0.3) is 0 Å². The standard InChI is InChI=1S/C14H20O3S/c1-11(2)10-18-9-3-8-17-13-6-4-12(5-7-13)14(15)16/h4-7,11H,3,8-10H2,1-2H3,(H,15,16). The van der Waals surface area contributed by atoms with E-state index in [1.54, 1.807) is 24.3 Å². The lowest BCUT2D eigenvalue weighted by atomic mass is 10.2. The van der Waals surface area contributed by atoms with Gasteiger partial charge in [0, 0.05) is 0 Å². The number of carbonyl (C=O) groups is 1. The van der Waals surface area contributed by atoms with Crippen molar-refractivity contribution in [1.82, 2.24) is 0 Å². The molecular formula is C14H20O3S. The zero-order chi connectivity index (χ0) is 13.4. The lowest BCUT2D eigenvalue weighted by Gasteiger charge is -2.07. The van der Waals surface area contributed by atoms with Crippen LogP contribution in [0.1, 0.15) is 30.6 Å². The molecule has 3 nitrogen and oxygen atoms in total. The van der Waals surface area contributed by atoms with E-state index in [4.69, 9.17) is 9.84 Å². The quantitative estimate of drug-likeness (QED) is 0.732. The summed E-state index contributed by atoms with van der Waals surface area (Å²) in [5.41, 5.74) is 0.287. The van der Waals surface area contributed by atoms with E-state index in [0.29, 0.717) is 6.61 Å². The summed E-state index contributed by atoms with van der Waals surface area (Å²) in [6, 6.07) is 6.52. The summed E-state index contributed by atoms with van der Waals surface area (Å²) in [6.45, 7) is 5.11. The van der Waals surface area contributed by atoms with Gasteiger partial charge in [-0.25, -0.2) is 4.79 Å². The van der Waals surface area contributed by atoms with Crippen LogP contribution in [-0.2, 0) is 0 Å². The van der Waals surface area contributed by atoms with Gasteiger partial charge in [0.1, 0.15) is 5.75 Å². The molecule has 0 aliphatic carbocycles. The lowest BCUT2D eigenvalue weighted by Crippen LogP contribution is -2.01. The number of hydrogen-bond acceptors (Lipinski definition) is 3. The number of carboxylic acids is 1. The van der Waals surface area contributed by atoms with Crippen molar-refractivity contribution >= 4 is 17.7 Å². The first-order chi connectivity index (χ1) is 8.59. The Balaban J connectivity index is 2.17. The third-order valence-corrected chi connectivity index (χ3v) is 3.73. The van der Waals surface area contributed by atoms with E-state index in [2.05, 4.69) is 13.8 Å². The first-order valence-corrected chi connectivity index (χ1v) is 7.29. The summed E-state index contributed by atoms with van der Waals surface area (Å²) in [7, 11) is 0. The summed E-state index contributed by atoms with van der Waals surface area (Å²) in [5.74, 6) is 2.85. The molecule has 0 saturated heterocycles. The van der Waals surface area contributed by atoms with Crippen molar-refractivity contribution in [2.75, 3.05) is 18.1 Å². The number of benzene rings is 1. The highest BCUT2D eigenvalue weighted by Crippen LogP contribution is 2.13. The SMILES string of the molecule is CC(C)CSCCCOc1ccc(C(=O)O)cc1. The summed E-state index contributed by atoms with van der Waals surface area (Å²) in [5, 5.41) is 8.75. The highest BCUT2D eigenvalue weighted by atomic mass is 32.2. The Morgan fingerprint density at radius 3 is 2.56 bits per heavy atom. The summed E-state index contributed by atoms with van der Waals surface area (Å²) < 4.78 is 5.54. The minimum atomic E-state index is -0.911. The van der Waals surface area contributed by atoms with Crippen molar-refractivity contribution in [2.45, 2.75) is 20.3 Å². The van der Waals surface area contributed by atoms with E-state index < -0.39 is 5.97 Å². The smallest absolute Gasteiger partial charge is 0.335 e. The maximum Gasteiger partial charge on any atom is 0.335 e. The van der Waals surface area contributed by atoms with Crippen molar-refractivity contribution < 1.29 is 14.6 Å². The maximum absolute atomic E-state index is 10.7. The first-order valence-electron chi connectivity index (χ1n) is 6.13. The molecule has 0 unspecified atom stereocenters. The van der Waals surface area contributed by atoms with Gasteiger partial charge in [-0.3, -0.25) is 0 Å². The number of ether oxygens (including phenoxy) is 1. The Morgan fingerprint density at radius 2 is 2.00 bits per heavy atom. The van der Waals surface area contributed by atoms with Gasteiger partial charge < -0.3 is 9.84 Å². The minimum absolute atomic E-state index is 0.287. The molecule has 1 rings (SSSR count). The highest BCUT2D eigenvalue weighted by Gasteiger charge is 2.02. The van der Waals surface area contributed by atoms with Crippen LogP contribution in [-0.4, -0.2) is 29.2 Å². The molecule has 100 valence electrons. The molecule has 1 aromatic rings. The maximum atomic E-state index is 10.7. The molecule has 18 heavy (non-hydrogen) atoms. The molecule has 0 aliphatic rings. The number of thioether (sulfide) groups is 1. The van der Waals surface area contributed by atoms with Crippen LogP contribution in [0, 0.1) is 5.92 Å². The fraction of sp³-hybridized carbons (Fsp3) is 0.500. The summed E-state index contributed by atoms with van der Waals surface area (Å²) in [6.07, 6.45) is 1.01. The molecule has 0 heterocycles. The molecule has 0 radical (unpaired) electrons. The second-order valence-corrected chi connectivity index (χ2v) is 5.65. The summed E-state index contributed by atoms with van der Waals surface area (Å²) >= 11 is 1.95. The number of hydrogen-bond donors (Lipinski definition) is 1. The molecule has 1 N–H and O–H groups in total. The monoisotopic (exact) mass is 268 g/mol. The Hall–Kier alpha value is -1.16. The number of rotatable bonds is 8. The molecular weight excluding hydrogens is 248 g/mol. The topological polar surface area (TPSA) is 46.5 Å². The largest absolute Gasteiger partial charge is 0.494 e. The summed E-state index contributed by atoms with van der Waals surface area (Å²) in [4.78, 5) is 10.7. The van der Waals surface area contributed by atoms with Gasteiger partial charge in [0.25, 0.3) is 0 Å². The van der Waals surface area contributed by atoms with Crippen molar-refractivity contribution in [1.29, 1.82) is 0 Å². The predicted molar refractivity (Wildman–Crippen MR) is 75.7 cm³/mol. The third kappa shape index (κ3) is 5.96. The van der Waals surface area contributed by atoms with E-state index >= 15 is 0 Å².